The summed E-state index contributed by atoms with van der Waals surface area (Å²) in [6, 6.07) is 3.97. The fourth-order valence-corrected chi connectivity index (χ4v) is 2.90. The van der Waals surface area contributed by atoms with Crippen molar-refractivity contribution in [2.45, 2.75) is 18.4 Å². The summed E-state index contributed by atoms with van der Waals surface area (Å²) >= 11 is 0. The summed E-state index contributed by atoms with van der Waals surface area (Å²) in [6.07, 6.45) is 1.40. The number of rotatable bonds is 3. The monoisotopic (exact) mass is 287 g/mol. The molecule has 0 unspecified atom stereocenters. The minimum Gasteiger partial charge on any atom is -0.342 e. The van der Waals surface area contributed by atoms with Gasteiger partial charge >= 0.3 is 0 Å². The van der Waals surface area contributed by atoms with Gasteiger partial charge in [0.15, 0.2) is 0 Å². The van der Waals surface area contributed by atoms with Gasteiger partial charge in [-0.25, -0.2) is 12.8 Å². The molecule has 0 amide bonds. The maximum atomic E-state index is 13.2. The van der Waals surface area contributed by atoms with E-state index in [1.807, 2.05) is 6.92 Å². The molecule has 0 saturated carbocycles. The first-order chi connectivity index (χ1) is 8.29. The molecule has 2 aromatic rings. The fourth-order valence-electron chi connectivity index (χ4n) is 1.85. The average Bonchev–Trinajstić information content (AvgIpc) is 2.55. The van der Waals surface area contributed by atoms with Crippen molar-refractivity contribution >= 4 is 30.6 Å². The van der Waals surface area contributed by atoms with Crippen LogP contribution in [-0.4, -0.2) is 13.0 Å². The first-order valence-corrected chi connectivity index (χ1v) is 7.47. The number of fused-ring (bicyclic) bond motifs is 1. The van der Waals surface area contributed by atoms with Gasteiger partial charge in [0.2, 0.25) is 0 Å². The van der Waals surface area contributed by atoms with Gasteiger partial charge in [-0.3, -0.25) is 0 Å². The highest BCUT2D eigenvalue weighted by molar-refractivity contribution is 8.14. The molecule has 0 atom stereocenters. The van der Waals surface area contributed by atoms with Crippen LogP contribution in [0.2, 0.25) is 0 Å². The zero-order valence-electron chi connectivity index (χ0n) is 9.65. The molecule has 0 aliphatic carbocycles. The van der Waals surface area contributed by atoms with Crippen LogP contribution in [0.5, 0.6) is 0 Å². The van der Waals surface area contributed by atoms with E-state index < -0.39 is 14.9 Å². The molecule has 0 saturated heterocycles. The molecule has 0 spiro atoms. The largest absolute Gasteiger partial charge is 0.342 e. The molecule has 6 heteroatoms. The molecule has 0 fully saturated rings. The Balaban J connectivity index is 2.79. The Labute approximate surface area is 109 Å². The molecule has 0 radical (unpaired) electrons. The summed E-state index contributed by atoms with van der Waals surface area (Å²) in [7, 11) is 1.45. The van der Waals surface area contributed by atoms with E-state index in [1.54, 1.807) is 4.57 Å². The van der Waals surface area contributed by atoms with Crippen molar-refractivity contribution in [3.8, 4) is 0 Å². The Hall–Kier alpha value is -1.33. The highest BCUT2D eigenvalue weighted by Crippen LogP contribution is 2.29. The topological polar surface area (TPSA) is 39.1 Å². The second-order valence-electron chi connectivity index (χ2n) is 4.18. The third-order valence-electron chi connectivity index (χ3n) is 2.51. The van der Waals surface area contributed by atoms with Crippen LogP contribution in [0.25, 0.3) is 10.9 Å². The third-order valence-corrected chi connectivity index (χ3v) is 3.86. The third kappa shape index (κ3) is 2.42. The molecule has 0 aliphatic rings. The van der Waals surface area contributed by atoms with Crippen LogP contribution in [0.3, 0.4) is 0 Å². The second kappa shape index (κ2) is 4.40. The lowest BCUT2D eigenvalue weighted by Gasteiger charge is -2.03. The Morgan fingerprint density at radius 1 is 1.50 bits per heavy atom. The number of allylic oxidation sites excluding steroid dienone is 1. The summed E-state index contributed by atoms with van der Waals surface area (Å²) in [4.78, 5) is -0.0834. The van der Waals surface area contributed by atoms with Crippen LogP contribution in [-0.2, 0) is 15.6 Å². The minimum absolute atomic E-state index is 0.0834. The summed E-state index contributed by atoms with van der Waals surface area (Å²) in [5, 5.41) is 0.284. The van der Waals surface area contributed by atoms with E-state index in [0.29, 0.717) is 12.1 Å². The fraction of sp³-hybridized carbons (Fsp3) is 0.167. The molecule has 1 heterocycles. The number of hydrogen-bond acceptors (Lipinski definition) is 2. The van der Waals surface area contributed by atoms with Gasteiger partial charge in [-0.2, -0.15) is 0 Å². The van der Waals surface area contributed by atoms with E-state index in [0.717, 1.165) is 5.57 Å². The van der Waals surface area contributed by atoms with Gasteiger partial charge in [0, 0.05) is 34.3 Å². The van der Waals surface area contributed by atoms with Crippen LogP contribution in [0, 0.1) is 5.82 Å². The Morgan fingerprint density at radius 2 is 2.17 bits per heavy atom. The van der Waals surface area contributed by atoms with E-state index in [9.17, 15) is 12.8 Å². The zero-order chi connectivity index (χ0) is 13.5. The Bertz CT molecular complexity index is 734. The molecule has 96 valence electrons. The predicted molar refractivity (Wildman–Crippen MR) is 69.7 cm³/mol. The van der Waals surface area contributed by atoms with Crippen molar-refractivity contribution in [2.75, 3.05) is 0 Å². The molecule has 18 heavy (non-hydrogen) atoms. The van der Waals surface area contributed by atoms with Crippen molar-refractivity contribution in [1.29, 1.82) is 0 Å². The van der Waals surface area contributed by atoms with Gasteiger partial charge in [0.05, 0.1) is 0 Å². The van der Waals surface area contributed by atoms with Crippen LogP contribution >= 0.6 is 10.7 Å². The standard InChI is InChI=1S/C12H11ClFNO2S/c1-8(2)6-15-7-12(18(13,16)17)10-5-9(14)3-4-11(10)15/h3-5,7H,1,6H2,2H3. The molecule has 0 N–H and O–H groups in total. The number of aromatic nitrogens is 1. The predicted octanol–water partition coefficient (Wildman–Crippen LogP) is 3.28. The molecule has 1 aromatic heterocycles. The summed E-state index contributed by atoms with van der Waals surface area (Å²) < 4.78 is 37.8. The van der Waals surface area contributed by atoms with E-state index in [2.05, 4.69) is 6.58 Å². The van der Waals surface area contributed by atoms with Crippen molar-refractivity contribution in [3.05, 3.63) is 42.4 Å². The quantitative estimate of drug-likeness (QED) is 0.642. The number of halogens is 2. The lowest BCUT2D eigenvalue weighted by Crippen LogP contribution is -1.96. The smallest absolute Gasteiger partial charge is 0.263 e. The van der Waals surface area contributed by atoms with Crippen LogP contribution < -0.4 is 0 Å². The number of benzene rings is 1. The summed E-state index contributed by atoms with van der Waals surface area (Å²) in [6.45, 7) is 6.05. The maximum Gasteiger partial charge on any atom is 0.263 e. The number of nitrogens with zero attached hydrogens (tertiary/aromatic N) is 1. The maximum absolute atomic E-state index is 13.2. The minimum atomic E-state index is -3.91. The molecule has 1 aromatic carbocycles. The molecule has 0 bridgehead atoms. The molecule has 3 nitrogen and oxygen atoms in total. The first-order valence-electron chi connectivity index (χ1n) is 5.16. The molecule has 0 aliphatic heterocycles. The van der Waals surface area contributed by atoms with E-state index in [4.69, 9.17) is 10.7 Å². The van der Waals surface area contributed by atoms with Gasteiger partial charge < -0.3 is 4.57 Å². The van der Waals surface area contributed by atoms with E-state index in [-0.39, 0.29) is 10.3 Å². The van der Waals surface area contributed by atoms with Crippen LogP contribution in [0.15, 0.2) is 41.4 Å². The van der Waals surface area contributed by atoms with E-state index >= 15 is 0 Å². The Morgan fingerprint density at radius 3 is 2.72 bits per heavy atom. The van der Waals surface area contributed by atoms with Gasteiger partial charge in [-0.15, -0.1) is 0 Å². The van der Waals surface area contributed by atoms with E-state index in [1.165, 1.54) is 24.4 Å². The summed E-state index contributed by atoms with van der Waals surface area (Å²) in [5.41, 5.74) is 1.47. The van der Waals surface area contributed by atoms with Crippen molar-refractivity contribution in [1.82, 2.24) is 4.57 Å². The first kappa shape index (κ1) is 13.1. The second-order valence-corrected chi connectivity index (χ2v) is 6.71. The van der Waals surface area contributed by atoms with Gasteiger partial charge in [0.1, 0.15) is 10.7 Å². The lowest BCUT2D eigenvalue weighted by molar-refractivity contribution is 0.609. The highest BCUT2D eigenvalue weighted by Gasteiger charge is 2.19. The lowest BCUT2D eigenvalue weighted by atomic mass is 10.2. The molecule has 2 rings (SSSR count). The molecular formula is C12H11ClFNO2S. The highest BCUT2D eigenvalue weighted by atomic mass is 35.7. The van der Waals surface area contributed by atoms with Crippen LogP contribution in [0.1, 0.15) is 6.92 Å². The van der Waals surface area contributed by atoms with Crippen LogP contribution in [0.4, 0.5) is 4.39 Å². The average molecular weight is 288 g/mol. The van der Waals surface area contributed by atoms with Crippen molar-refractivity contribution in [2.24, 2.45) is 0 Å². The van der Waals surface area contributed by atoms with Gasteiger partial charge in [-0.05, 0) is 25.1 Å². The summed E-state index contributed by atoms with van der Waals surface area (Å²) in [5.74, 6) is -0.503. The Kier molecular flexibility index (Phi) is 3.21. The normalized spacial score (nSPS) is 11.9. The van der Waals surface area contributed by atoms with Crippen molar-refractivity contribution < 1.29 is 12.8 Å². The van der Waals surface area contributed by atoms with Crippen molar-refractivity contribution in [3.63, 3.8) is 0 Å². The zero-order valence-corrected chi connectivity index (χ0v) is 11.2. The van der Waals surface area contributed by atoms with Gasteiger partial charge in [0.25, 0.3) is 9.05 Å². The van der Waals surface area contributed by atoms with Gasteiger partial charge in [-0.1, -0.05) is 12.2 Å². The molecular weight excluding hydrogens is 277 g/mol. The SMILES string of the molecule is C=C(C)Cn1cc(S(=O)(=O)Cl)c2cc(F)ccc21. The number of hydrogen-bond donors (Lipinski definition) is 0.